The molecule has 5 heteroatoms. The van der Waals surface area contributed by atoms with Gasteiger partial charge in [0.05, 0.1) is 30.0 Å². The lowest BCUT2D eigenvalue weighted by atomic mass is 9.46. The Morgan fingerprint density at radius 1 is 0.941 bits per heavy atom. The van der Waals surface area contributed by atoms with Crippen molar-refractivity contribution in [2.24, 2.45) is 51.2 Å². The fourth-order valence-corrected chi connectivity index (χ4v) is 11.5. The maximum Gasteiger partial charge on any atom is 0.108 e. The van der Waals surface area contributed by atoms with Crippen molar-refractivity contribution in [2.45, 2.75) is 129 Å². The van der Waals surface area contributed by atoms with Gasteiger partial charge < -0.3 is 25.2 Å². The second kappa shape index (κ2) is 7.01. The molecule has 6 aliphatic rings. The summed E-state index contributed by atoms with van der Waals surface area (Å²) in [5.74, 6) is 2.00. The summed E-state index contributed by atoms with van der Waals surface area (Å²) in [6.45, 7) is 12.6. The van der Waals surface area contributed by atoms with Crippen LogP contribution in [0, 0.1) is 51.2 Å². The van der Waals surface area contributed by atoms with E-state index >= 15 is 0 Å². The highest BCUT2D eigenvalue weighted by Gasteiger charge is 2.81. The molecule has 0 bridgehead atoms. The van der Waals surface area contributed by atoms with Gasteiger partial charge in [0.15, 0.2) is 0 Å². The number of rotatable bonds is 2. The summed E-state index contributed by atoms with van der Waals surface area (Å²) in [6.07, 6.45) is 6.47. The molecule has 1 saturated heterocycles. The van der Waals surface area contributed by atoms with E-state index < -0.39 is 23.9 Å². The molecule has 0 aromatic heterocycles. The first-order valence-corrected chi connectivity index (χ1v) is 14.1. The second-order valence-electron chi connectivity index (χ2n) is 15.1. The topological polar surface area (TPSA) is 90.2 Å². The summed E-state index contributed by atoms with van der Waals surface area (Å²) in [5.41, 5.74) is -0.488. The highest BCUT2D eigenvalue weighted by Crippen LogP contribution is 2.87. The van der Waals surface area contributed by atoms with Gasteiger partial charge in [0.2, 0.25) is 0 Å². The van der Waals surface area contributed by atoms with Gasteiger partial charge in [-0.15, -0.1) is 0 Å². The molecule has 5 nitrogen and oxygen atoms in total. The number of fused-ring (bicyclic) bond motifs is 4. The molecule has 2 unspecified atom stereocenters. The van der Waals surface area contributed by atoms with Gasteiger partial charge in [0.1, 0.15) is 6.10 Å². The number of aliphatic hydroxyl groups excluding tert-OH is 3. The van der Waals surface area contributed by atoms with Gasteiger partial charge >= 0.3 is 0 Å². The Balaban J connectivity index is 1.32. The first kappa shape index (κ1) is 24.2. The maximum absolute atomic E-state index is 11.9. The first-order valence-electron chi connectivity index (χ1n) is 14.1. The molecule has 2 spiro atoms. The highest BCUT2D eigenvalue weighted by molar-refractivity contribution is 5.30. The van der Waals surface area contributed by atoms with Crippen LogP contribution in [0.4, 0.5) is 0 Å². The van der Waals surface area contributed by atoms with Crippen LogP contribution in [0.25, 0.3) is 0 Å². The Bertz CT molecular complexity index is 850. The van der Waals surface area contributed by atoms with Crippen LogP contribution in [-0.4, -0.2) is 56.5 Å². The Morgan fingerprint density at radius 2 is 1.65 bits per heavy atom. The molecule has 1 heterocycles. The third-order valence-corrected chi connectivity index (χ3v) is 13.0. The fourth-order valence-electron chi connectivity index (χ4n) is 11.5. The van der Waals surface area contributed by atoms with Crippen LogP contribution >= 0.6 is 0 Å². The van der Waals surface area contributed by atoms with Crippen molar-refractivity contribution in [1.29, 1.82) is 0 Å². The standard InChI is InChI=1S/C29H48O5/c1-15-13-17(24(32)26(4,5)33)34-23-20(15)27(6)11-12-28-14-29(28)10-9-19(30)25(2,3)18(29)8-7-16(28)21(27)22(23)31/h15-24,30-33H,7-14H2,1-6H3/t15-,16+,17-,18?,19+,20-,21?,22-,23+,24+,27-,28+,29-/m1/s1. The minimum atomic E-state index is -1.22. The molecule has 6 rings (SSSR count). The summed E-state index contributed by atoms with van der Waals surface area (Å²) in [6, 6.07) is 0. The Labute approximate surface area is 205 Å². The molecule has 34 heavy (non-hydrogen) atoms. The molecule has 4 N–H and O–H groups in total. The predicted molar refractivity (Wildman–Crippen MR) is 130 cm³/mol. The molecule has 1 aliphatic heterocycles. The van der Waals surface area contributed by atoms with Crippen LogP contribution in [-0.2, 0) is 4.74 Å². The van der Waals surface area contributed by atoms with E-state index in [-0.39, 0.29) is 29.0 Å². The van der Waals surface area contributed by atoms with E-state index in [2.05, 4.69) is 27.7 Å². The molecule has 0 radical (unpaired) electrons. The van der Waals surface area contributed by atoms with Crippen molar-refractivity contribution >= 4 is 0 Å². The van der Waals surface area contributed by atoms with Crippen LogP contribution in [0.1, 0.15) is 92.9 Å². The minimum Gasteiger partial charge on any atom is -0.393 e. The number of hydrogen-bond donors (Lipinski definition) is 4. The lowest BCUT2D eigenvalue weighted by Gasteiger charge is -2.59. The van der Waals surface area contributed by atoms with E-state index in [1.807, 2.05) is 0 Å². The smallest absolute Gasteiger partial charge is 0.108 e. The van der Waals surface area contributed by atoms with E-state index in [0.29, 0.717) is 34.5 Å². The van der Waals surface area contributed by atoms with Crippen molar-refractivity contribution < 1.29 is 25.2 Å². The van der Waals surface area contributed by atoms with Gasteiger partial charge in [-0.1, -0.05) is 27.7 Å². The first-order chi connectivity index (χ1) is 15.7. The van der Waals surface area contributed by atoms with Gasteiger partial charge in [-0.3, -0.25) is 0 Å². The number of ether oxygens (including phenoxy) is 1. The lowest BCUT2D eigenvalue weighted by molar-refractivity contribution is -0.201. The van der Waals surface area contributed by atoms with Gasteiger partial charge in [0, 0.05) is 0 Å². The maximum atomic E-state index is 11.9. The average Bonchev–Trinajstić information content (AvgIpc) is 3.36. The van der Waals surface area contributed by atoms with Crippen LogP contribution in [0.3, 0.4) is 0 Å². The Hall–Kier alpha value is -0.200. The zero-order valence-corrected chi connectivity index (χ0v) is 22.1. The summed E-state index contributed by atoms with van der Waals surface area (Å²) in [5, 5.41) is 44.0. The molecular weight excluding hydrogens is 428 g/mol. The third-order valence-electron chi connectivity index (χ3n) is 13.0. The quantitative estimate of drug-likeness (QED) is 0.485. The highest BCUT2D eigenvalue weighted by atomic mass is 16.5. The fraction of sp³-hybridized carbons (Fsp3) is 1.00. The zero-order chi connectivity index (χ0) is 24.6. The van der Waals surface area contributed by atoms with E-state index in [0.717, 1.165) is 32.1 Å². The van der Waals surface area contributed by atoms with Crippen molar-refractivity contribution in [3.8, 4) is 0 Å². The van der Waals surface area contributed by atoms with E-state index in [4.69, 9.17) is 4.74 Å². The monoisotopic (exact) mass is 476 g/mol. The normalized spacial score (nSPS) is 58.6. The zero-order valence-electron chi connectivity index (χ0n) is 22.1. The van der Waals surface area contributed by atoms with Gasteiger partial charge in [-0.05, 0) is 116 Å². The molecule has 194 valence electrons. The van der Waals surface area contributed by atoms with Crippen LogP contribution in [0.15, 0.2) is 0 Å². The summed E-state index contributed by atoms with van der Waals surface area (Å²) >= 11 is 0. The van der Waals surface area contributed by atoms with Crippen molar-refractivity contribution in [3.05, 3.63) is 0 Å². The largest absolute Gasteiger partial charge is 0.393 e. The molecule has 0 amide bonds. The second-order valence-corrected chi connectivity index (χ2v) is 15.1. The summed E-state index contributed by atoms with van der Waals surface area (Å²) < 4.78 is 6.52. The van der Waals surface area contributed by atoms with Crippen molar-refractivity contribution in [1.82, 2.24) is 0 Å². The van der Waals surface area contributed by atoms with Crippen LogP contribution in [0.5, 0.6) is 0 Å². The van der Waals surface area contributed by atoms with Crippen LogP contribution in [0.2, 0.25) is 0 Å². The predicted octanol–water partition coefficient (Wildman–Crippen LogP) is 3.90. The molecular formula is C29H48O5. The summed E-state index contributed by atoms with van der Waals surface area (Å²) in [7, 11) is 0. The third kappa shape index (κ3) is 2.75. The molecule has 5 aliphatic carbocycles. The van der Waals surface area contributed by atoms with Gasteiger partial charge in [0.25, 0.3) is 0 Å². The lowest BCUT2D eigenvalue weighted by Crippen LogP contribution is -2.55. The van der Waals surface area contributed by atoms with Crippen molar-refractivity contribution in [2.75, 3.05) is 0 Å². The van der Waals surface area contributed by atoms with Gasteiger partial charge in [-0.2, -0.15) is 0 Å². The number of aliphatic hydroxyl groups is 4. The summed E-state index contributed by atoms with van der Waals surface area (Å²) in [4.78, 5) is 0. The van der Waals surface area contributed by atoms with Crippen LogP contribution < -0.4 is 0 Å². The number of hydrogen-bond acceptors (Lipinski definition) is 5. The molecule has 5 saturated carbocycles. The van der Waals surface area contributed by atoms with E-state index in [1.54, 1.807) is 13.8 Å². The minimum absolute atomic E-state index is 0.0200. The Kier molecular flexibility index (Phi) is 4.98. The van der Waals surface area contributed by atoms with Gasteiger partial charge in [-0.25, -0.2) is 0 Å². The van der Waals surface area contributed by atoms with Crippen molar-refractivity contribution in [3.63, 3.8) is 0 Å². The van der Waals surface area contributed by atoms with E-state index in [1.165, 1.54) is 19.3 Å². The average molecular weight is 477 g/mol. The molecule has 13 atom stereocenters. The molecule has 0 aromatic rings. The SMILES string of the molecule is C[C@@H]1C[C@H]([C@H](O)C(C)(C)O)O[C@H]2[C@@H]1[C@@]1(C)CC[C@@]34C[C@@]35CC[C@H](O)C(C)(C)C5CC[C@H]4C1[C@H]2O. The Morgan fingerprint density at radius 3 is 2.32 bits per heavy atom. The molecule has 0 aromatic carbocycles. The van der Waals surface area contributed by atoms with E-state index in [9.17, 15) is 20.4 Å². The molecule has 6 fully saturated rings.